The summed E-state index contributed by atoms with van der Waals surface area (Å²) >= 11 is 1.58. The van der Waals surface area contributed by atoms with Gasteiger partial charge in [0.1, 0.15) is 0 Å². The summed E-state index contributed by atoms with van der Waals surface area (Å²) in [5.41, 5.74) is 1.73. The van der Waals surface area contributed by atoms with Crippen molar-refractivity contribution in [2.45, 2.75) is 0 Å². The third-order valence-corrected chi connectivity index (χ3v) is 2.48. The Balaban J connectivity index is 0. The van der Waals surface area contributed by atoms with Gasteiger partial charge < -0.3 is 37.2 Å². The Kier molecular flexibility index (Phi) is 10.8. The van der Waals surface area contributed by atoms with Crippen molar-refractivity contribution in [1.82, 2.24) is 0 Å². The molecule has 18 heavy (non-hydrogen) atoms. The molecule has 0 spiro atoms. The molecule has 0 aliphatic rings. The SMILES string of the molecule is Fc1ccc([O][Ti+3])c(-c2ccccc2)c1.[Cl-].[Cl-].[Cl-]. The van der Waals surface area contributed by atoms with Crippen molar-refractivity contribution >= 4 is 0 Å². The first-order valence-corrected chi connectivity index (χ1v) is 5.13. The van der Waals surface area contributed by atoms with Crippen LogP contribution in [0.15, 0.2) is 48.5 Å². The van der Waals surface area contributed by atoms with E-state index in [9.17, 15) is 4.39 Å². The summed E-state index contributed by atoms with van der Waals surface area (Å²) in [5, 5.41) is 0. The molecule has 2 aromatic carbocycles. The van der Waals surface area contributed by atoms with E-state index in [0.29, 0.717) is 5.75 Å². The van der Waals surface area contributed by atoms with Crippen molar-refractivity contribution in [2.75, 3.05) is 0 Å². The summed E-state index contributed by atoms with van der Waals surface area (Å²) in [6.45, 7) is 0. The van der Waals surface area contributed by atoms with E-state index in [-0.39, 0.29) is 43.0 Å². The molecule has 0 aliphatic heterocycles. The molecule has 0 aromatic heterocycles. The summed E-state index contributed by atoms with van der Waals surface area (Å²) in [7, 11) is 0. The molecule has 0 atom stereocenters. The third kappa shape index (κ3) is 4.79. The first-order chi connectivity index (χ1) is 7.31. The van der Waals surface area contributed by atoms with E-state index >= 15 is 0 Å². The zero-order valence-corrected chi connectivity index (χ0v) is 12.9. The first-order valence-electron chi connectivity index (χ1n) is 4.50. The fraction of sp³-hybridized carbons (Fsp3) is 0. The molecule has 1 nitrogen and oxygen atoms in total. The smallest absolute Gasteiger partial charge is 1.00 e. The molecular weight excluding hydrogens is 333 g/mol. The Labute approximate surface area is 136 Å². The summed E-state index contributed by atoms with van der Waals surface area (Å²) in [4.78, 5) is 0. The van der Waals surface area contributed by atoms with Crippen molar-refractivity contribution in [3.63, 3.8) is 0 Å². The fourth-order valence-electron chi connectivity index (χ4n) is 1.43. The summed E-state index contributed by atoms with van der Waals surface area (Å²) in [6.07, 6.45) is 0. The second-order valence-corrected chi connectivity index (χ2v) is 3.43. The van der Waals surface area contributed by atoms with Crippen LogP contribution in [0.2, 0.25) is 0 Å². The summed E-state index contributed by atoms with van der Waals surface area (Å²) in [6, 6.07) is 14.1. The summed E-state index contributed by atoms with van der Waals surface area (Å²) < 4.78 is 18.3. The van der Waals surface area contributed by atoms with Gasteiger partial charge in [-0.3, -0.25) is 0 Å². The van der Waals surface area contributed by atoms with E-state index in [1.54, 1.807) is 26.9 Å². The fourth-order valence-corrected chi connectivity index (χ4v) is 1.71. The molecule has 0 unspecified atom stereocenters. The van der Waals surface area contributed by atoms with Crippen LogP contribution in [0.5, 0.6) is 5.75 Å². The Bertz CT molecular complexity index is 468. The maximum absolute atomic E-state index is 13.1. The summed E-state index contributed by atoms with van der Waals surface area (Å²) in [5.74, 6) is 0.428. The number of halogens is 4. The minimum absolute atomic E-state index is 0. The molecule has 0 heterocycles. The molecular formula is C12H8Cl3FOTi. The van der Waals surface area contributed by atoms with Gasteiger partial charge in [0.15, 0.2) is 0 Å². The van der Waals surface area contributed by atoms with Gasteiger partial charge in [0.25, 0.3) is 0 Å². The molecule has 0 saturated heterocycles. The van der Waals surface area contributed by atoms with Crippen molar-refractivity contribution in [3.05, 3.63) is 54.3 Å². The van der Waals surface area contributed by atoms with Crippen LogP contribution in [0.3, 0.4) is 0 Å². The number of hydrogen-bond donors (Lipinski definition) is 0. The quantitative estimate of drug-likeness (QED) is 0.495. The van der Waals surface area contributed by atoms with Crippen LogP contribution in [0.4, 0.5) is 4.39 Å². The maximum atomic E-state index is 13.1. The van der Waals surface area contributed by atoms with Crippen LogP contribution in [0.1, 0.15) is 0 Å². The van der Waals surface area contributed by atoms with E-state index in [2.05, 4.69) is 0 Å². The molecule has 0 fully saturated rings. The van der Waals surface area contributed by atoms with Crippen molar-refractivity contribution in [1.29, 1.82) is 0 Å². The molecule has 2 aromatic rings. The van der Waals surface area contributed by atoms with Gasteiger partial charge in [-0.25, -0.2) is 0 Å². The molecule has 0 N–H and O–H groups in total. The van der Waals surface area contributed by atoms with Gasteiger partial charge in [-0.2, -0.15) is 0 Å². The van der Waals surface area contributed by atoms with Crippen LogP contribution in [-0.4, -0.2) is 0 Å². The molecule has 0 bridgehead atoms. The Hall–Kier alpha value is -0.246. The average molecular weight is 341 g/mol. The Morgan fingerprint density at radius 3 is 2.06 bits per heavy atom. The molecule has 0 aliphatic carbocycles. The minimum atomic E-state index is -0.255. The van der Waals surface area contributed by atoms with Crippen LogP contribution < -0.4 is 40.5 Å². The molecule has 94 valence electrons. The second-order valence-electron chi connectivity index (χ2n) is 3.11. The monoisotopic (exact) mass is 340 g/mol. The molecule has 6 heteroatoms. The topological polar surface area (TPSA) is 9.23 Å². The van der Waals surface area contributed by atoms with Gasteiger partial charge in [0.2, 0.25) is 0 Å². The van der Waals surface area contributed by atoms with E-state index in [1.165, 1.54) is 12.1 Å². The van der Waals surface area contributed by atoms with E-state index in [4.69, 9.17) is 3.32 Å². The van der Waals surface area contributed by atoms with Gasteiger partial charge >= 0.3 is 99.8 Å². The van der Waals surface area contributed by atoms with Crippen molar-refractivity contribution < 1.29 is 65.8 Å². The van der Waals surface area contributed by atoms with Gasteiger partial charge in [0, 0.05) is 0 Å². The van der Waals surface area contributed by atoms with Crippen LogP contribution in [-0.2, 0) is 20.8 Å². The predicted octanol–water partition coefficient (Wildman–Crippen LogP) is -5.65. The van der Waals surface area contributed by atoms with Gasteiger partial charge in [-0.1, -0.05) is 0 Å². The van der Waals surface area contributed by atoms with E-state index in [1.807, 2.05) is 30.3 Å². The first kappa shape index (κ1) is 20.1. The standard InChI is InChI=1S/C12H9FO.3ClH.Ti/c13-10-6-7-12(14)11(8-10)9-4-2-1-3-5-9;;;;/h1-8,14H;3*1H;/q;;;;+4/p-4. The largest absolute Gasteiger partial charge is 1.00 e. The maximum Gasteiger partial charge on any atom is -1.00 e. The van der Waals surface area contributed by atoms with Crippen molar-refractivity contribution in [2.24, 2.45) is 0 Å². The predicted molar refractivity (Wildman–Crippen MR) is 52.5 cm³/mol. The average Bonchev–Trinajstić information content (AvgIpc) is 2.30. The second kappa shape index (κ2) is 9.65. The van der Waals surface area contributed by atoms with E-state index < -0.39 is 0 Å². The van der Waals surface area contributed by atoms with Gasteiger partial charge in [0.05, 0.1) is 0 Å². The minimum Gasteiger partial charge on any atom is -1.00 e. The number of benzene rings is 2. The Morgan fingerprint density at radius 2 is 1.50 bits per heavy atom. The number of rotatable bonds is 2. The van der Waals surface area contributed by atoms with Crippen molar-refractivity contribution in [3.8, 4) is 16.9 Å². The van der Waals surface area contributed by atoms with E-state index in [0.717, 1.165) is 11.1 Å². The van der Waals surface area contributed by atoms with Crippen LogP contribution >= 0.6 is 0 Å². The number of hydrogen-bond acceptors (Lipinski definition) is 1. The molecule has 2 rings (SSSR count). The third-order valence-electron chi connectivity index (χ3n) is 2.14. The Morgan fingerprint density at radius 1 is 0.889 bits per heavy atom. The zero-order valence-electron chi connectivity index (χ0n) is 9.04. The normalized spacial score (nSPS) is 8.39. The van der Waals surface area contributed by atoms with Gasteiger partial charge in [-0.05, 0) is 0 Å². The van der Waals surface area contributed by atoms with Gasteiger partial charge in [-0.15, -0.1) is 0 Å². The molecule has 0 amide bonds. The van der Waals surface area contributed by atoms with Crippen LogP contribution in [0.25, 0.3) is 11.1 Å². The zero-order chi connectivity index (χ0) is 10.7. The molecule has 0 saturated carbocycles. The van der Waals surface area contributed by atoms with Crippen LogP contribution in [0, 0.1) is 5.82 Å². The molecule has 0 radical (unpaired) electrons.